The zero-order valence-electron chi connectivity index (χ0n) is 9.57. The average Bonchev–Trinajstić information content (AvgIpc) is 2.11. The Kier molecular flexibility index (Phi) is 4.34. The van der Waals surface area contributed by atoms with Gasteiger partial charge in [-0.05, 0) is 32.1 Å². The summed E-state index contributed by atoms with van der Waals surface area (Å²) < 4.78 is 26.6. The molecule has 88 valence electrons. The Morgan fingerprint density at radius 3 is 2.47 bits per heavy atom. The van der Waals surface area contributed by atoms with Crippen LogP contribution in [0.25, 0.3) is 0 Å². The van der Waals surface area contributed by atoms with Gasteiger partial charge < -0.3 is 0 Å². The van der Waals surface area contributed by atoms with E-state index in [1.165, 1.54) is 0 Å². The van der Waals surface area contributed by atoms with Gasteiger partial charge in [0, 0.05) is 6.04 Å². The second kappa shape index (κ2) is 5.12. The van der Waals surface area contributed by atoms with E-state index in [0.717, 1.165) is 25.7 Å². The zero-order valence-corrected chi connectivity index (χ0v) is 10.4. The highest BCUT2D eigenvalue weighted by Crippen LogP contribution is 2.22. The van der Waals surface area contributed by atoms with Crippen molar-refractivity contribution in [1.29, 1.82) is 0 Å². The SMILES string of the molecule is C=CCC(C)C(C)S(=O)(=O)NC1CCC1. The smallest absolute Gasteiger partial charge is 0.212 e. The molecule has 1 N–H and O–H groups in total. The number of hydrogen-bond acceptors (Lipinski definition) is 2. The van der Waals surface area contributed by atoms with E-state index < -0.39 is 10.0 Å². The number of hydrogen-bond donors (Lipinski definition) is 1. The zero-order chi connectivity index (χ0) is 11.5. The van der Waals surface area contributed by atoms with Gasteiger partial charge in [0.2, 0.25) is 10.0 Å². The quantitative estimate of drug-likeness (QED) is 0.711. The van der Waals surface area contributed by atoms with Crippen LogP contribution in [-0.4, -0.2) is 19.7 Å². The summed E-state index contributed by atoms with van der Waals surface area (Å²) in [6, 6.07) is 0.188. The minimum absolute atomic E-state index is 0.125. The first-order valence-corrected chi connectivity index (χ1v) is 7.14. The third kappa shape index (κ3) is 3.31. The van der Waals surface area contributed by atoms with Crippen LogP contribution in [0.5, 0.6) is 0 Å². The molecule has 0 aliphatic heterocycles. The van der Waals surface area contributed by atoms with Gasteiger partial charge in [-0.1, -0.05) is 19.4 Å². The molecule has 0 amide bonds. The van der Waals surface area contributed by atoms with Crippen LogP contribution in [0, 0.1) is 5.92 Å². The molecular weight excluding hydrogens is 210 g/mol. The Balaban J connectivity index is 2.54. The molecule has 0 heterocycles. The third-order valence-electron chi connectivity index (χ3n) is 3.27. The maximum absolute atomic E-state index is 11.9. The van der Waals surface area contributed by atoms with E-state index in [4.69, 9.17) is 0 Å². The van der Waals surface area contributed by atoms with E-state index in [1.54, 1.807) is 13.0 Å². The van der Waals surface area contributed by atoms with Crippen molar-refractivity contribution in [1.82, 2.24) is 4.72 Å². The van der Waals surface area contributed by atoms with Crippen molar-refractivity contribution in [3.63, 3.8) is 0 Å². The first-order chi connectivity index (χ1) is 6.97. The molecule has 0 radical (unpaired) electrons. The van der Waals surface area contributed by atoms with Crippen LogP contribution in [0.4, 0.5) is 0 Å². The topological polar surface area (TPSA) is 46.2 Å². The fourth-order valence-electron chi connectivity index (χ4n) is 1.63. The minimum Gasteiger partial charge on any atom is -0.212 e. The molecule has 0 spiro atoms. The molecule has 1 saturated carbocycles. The van der Waals surface area contributed by atoms with Crippen LogP contribution in [-0.2, 0) is 10.0 Å². The molecule has 2 atom stereocenters. The van der Waals surface area contributed by atoms with E-state index in [0.29, 0.717) is 0 Å². The van der Waals surface area contributed by atoms with E-state index in [-0.39, 0.29) is 17.2 Å². The standard InChI is InChI=1S/C11H21NO2S/c1-4-6-9(2)10(3)15(13,14)12-11-7-5-8-11/h4,9-12H,1,5-8H2,2-3H3. The maximum atomic E-state index is 11.9. The summed E-state index contributed by atoms with van der Waals surface area (Å²) in [4.78, 5) is 0. The highest BCUT2D eigenvalue weighted by Gasteiger charge is 2.30. The lowest BCUT2D eigenvalue weighted by Gasteiger charge is -2.29. The van der Waals surface area contributed by atoms with Gasteiger partial charge in [-0.3, -0.25) is 0 Å². The first-order valence-electron chi connectivity index (χ1n) is 5.59. The van der Waals surface area contributed by atoms with E-state index in [9.17, 15) is 8.42 Å². The second-order valence-electron chi connectivity index (χ2n) is 4.50. The highest BCUT2D eigenvalue weighted by atomic mass is 32.2. The van der Waals surface area contributed by atoms with Crippen molar-refractivity contribution in [3.05, 3.63) is 12.7 Å². The van der Waals surface area contributed by atoms with Gasteiger partial charge >= 0.3 is 0 Å². The molecule has 15 heavy (non-hydrogen) atoms. The Morgan fingerprint density at radius 1 is 1.47 bits per heavy atom. The average molecular weight is 231 g/mol. The van der Waals surface area contributed by atoms with Crippen molar-refractivity contribution in [2.24, 2.45) is 5.92 Å². The van der Waals surface area contributed by atoms with Gasteiger partial charge in [0.15, 0.2) is 0 Å². The summed E-state index contributed by atoms with van der Waals surface area (Å²) in [7, 11) is -3.14. The van der Waals surface area contributed by atoms with Crippen molar-refractivity contribution >= 4 is 10.0 Å². The summed E-state index contributed by atoms with van der Waals surface area (Å²) >= 11 is 0. The lowest BCUT2D eigenvalue weighted by Crippen LogP contribution is -2.45. The molecular formula is C11H21NO2S. The molecule has 1 aliphatic rings. The lowest BCUT2D eigenvalue weighted by atomic mass is 9.94. The Morgan fingerprint density at radius 2 is 2.07 bits per heavy atom. The maximum Gasteiger partial charge on any atom is 0.214 e. The van der Waals surface area contributed by atoms with Gasteiger partial charge in [0.25, 0.3) is 0 Å². The van der Waals surface area contributed by atoms with Crippen LogP contribution in [0.3, 0.4) is 0 Å². The first kappa shape index (κ1) is 12.7. The summed E-state index contributed by atoms with van der Waals surface area (Å²) in [5.41, 5.74) is 0. The molecule has 4 heteroatoms. The molecule has 0 aromatic rings. The fraction of sp³-hybridized carbons (Fsp3) is 0.818. The van der Waals surface area contributed by atoms with Gasteiger partial charge in [0.1, 0.15) is 0 Å². The van der Waals surface area contributed by atoms with Gasteiger partial charge in [-0.15, -0.1) is 6.58 Å². The molecule has 1 fully saturated rings. The van der Waals surface area contributed by atoms with Crippen LogP contribution >= 0.6 is 0 Å². The monoisotopic (exact) mass is 231 g/mol. The summed E-state index contributed by atoms with van der Waals surface area (Å²) in [5.74, 6) is 0.125. The molecule has 0 aromatic heterocycles. The molecule has 0 saturated heterocycles. The lowest BCUT2D eigenvalue weighted by molar-refractivity contribution is 0.379. The Bertz CT molecular complexity index is 307. The number of allylic oxidation sites excluding steroid dienone is 1. The van der Waals surface area contributed by atoms with Crippen molar-refractivity contribution in [2.45, 2.75) is 50.8 Å². The molecule has 0 bridgehead atoms. The molecule has 3 nitrogen and oxygen atoms in total. The Labute approximate surface area is 93.0 Å². The normalized spacial score (nSPS) is 21.7. The van der Waals surface area contributed by atoms with Gasteiger partial charge in [-0.2, -0.15) is 0 Å². The van der Waals surface area contributed by atoms with Crippen LogP contribution < -0.4 is 4.72 Å². The van der Waals surface area contributed by atoms with E-state index in [1.807, 2.05) is 6.92 Å². The molecule has 1 aliphatic carbocycles. The van der Waals surface area contributed by atoms with Gasteiger partial charge in [0.05, 0.1) is 5.25 Å². The number of sulfonamides is 1. The Hall–Kier alpha value is -0.350. The molecule has 2 unspecified atom stereocenters. The highest BCUT2D eigenvalue weighted by molar-refractivity contribution is 7.90. The summed E-state index contributed by atoms with van der Waals surface area (Å²) in [6.07, 6.45) is 5.64. The second-order valence-corrected chi connectivity index (χ2v) is 6.57. The predicted molar refractivity (Wildman–Crippen MR) is 63.1 cm³/mol. The summed E-state index contributed by atoms with van der Waals surface area (Å²) in [6.45, 7) is 7.36. The van der Waals surface area contributed by atoms with E-state index in [2.05, 4.69) is 11.3 Å². The van der Waals surface area contributed by atoms with Crippen LogP contribution in [0.1, 0.15) is 39.5 Å². The molecule has 1 rings (SSSR count). The van der Waals surface area contributed by atoms with Crippen molar-refractivity contribution in [2.75, 3.05) is 0 Å². The predicted octanol–water partition coefficient (Wildman–Crippen LogP) is 2.06. The molecule has 0 aromatic carbocycles. The third-order valence-corrected chi connectivity index (χ3v) is 5.37. The van der Waals surface area contributed by atoms with E-state index >= 15 is 0 Å². The summed E-state index contributed by atoms with van der Waals surface area (Å²) in [5, 5.41) is -0.337. The van der Waals surface area contributed by atoms with Crippen molar-refractivity contribution in [3.8, 4) is 0 Å². The minimum atomic E-state index is -3.14. The van der Waals surface area contributed by atoms with Crippen molar-refractivity contribution < 1.29 is 8.42 Å². The number of nitrogens with one attached hydrogen (secondary N) is 1. The van der Waals surface area contributed by atoms with Crippen LogP contribution in [0.15, 0.2) is 12.7 Å². The van der Waals surface area contributed by atoms with Gasteiger partial charge in [-0.25, -0.2) is 13.1 Å². The van der Waals surface area contributed by atoms with Crippen LogP contribution in [0.2, 0.25) is 0 Å². The number of rotatable bonds is 6. The fourth-order valence-corrected chi connectivity index (χ4v) is 3.26. The largest absolute Gasteiger partial charge is 0.214 e.